The van der Waals surface area contributed by atoms with Gasteiger partial charge in [0.2, 0.25) is 0 Å². The maximum absolute atomic E-state index is 11.7. The van der Waals surface area contributed by atoms with Crippen molar-refractivity contribution in [1.82, 2.24) is 10.3 Å². The molecule has 0 spiro atoms. The lowest BCUT2D eigenvalue weighted by molar-refractivity contribution is 0.0950. The van der Waals surface area contributed by atoms with Crippen molar-refractivity contribution in [3.05, 3.63) is 16.1 Å². The number of alkyl halides is 1. The molecule has 82 valence electrons. The largest absolute Gasteiger partial charge is 0.351 e. The molecule has 1 aromatic rings. The Bertz CT molecular complexity index is 373. The molecule has 0 bridgehead atoms. The van der Waals surface area contributed by atoms with Gasteiger partial charge in [-0.05, 0) is 25.2 Å². The summed E-state index contributed by atoms with van der Waals surface area (Å²) in [6.07, 6.45) is 4.06. The second-order valence-electron chi connectivity index (χ2n) is 4.06. The van der Waals surface area contributed by atoms with Crippen LogP contribution in [0.3, 0.4) is 0 Å². The molecule has 0 aliphatic heterocycles. The van der Waals surface area contributed by atoms with Crippen LogP contribution in [0.15, 0.2) is 6.20 Å². The summed E-state index contributed by atoms with van der Waals surface area (Å²) in [7, 11) is 0. The van der Waals surface area contributed by atoms with Crippen molar-refractivity contribution in [3.63, 3.8) is 0 Å². The van der Waals surface area contributed by atoms with Gasteiger partial charge in [0, 0.05) is 11.9 Å². The van der Waals surface area contributed by atoms with Gasteiger partial charge < -0.3 is 5.32 Å². The first-order chi connectivity index (χ1) is 7.15. The summed E-state index contributed by atoms with van der Waals surface area (Å²) in [6, 6.07) is 0. The fourth-order valence-corrected chi connectivity index (χ4v) is 2.81. The minimum atomic E-state index is 0.00725. The molecule has 0 unspecified atom stereocenters. The lowest BCUT2D eigenvalue weighted by Crippen LogP contribution is -2.30. The van der Waals surface area contributed by atoms with E-state index in [1.54, 1.807) is 6.20 Å². The van der Waals surface area contributed by atoms with Gasteiger partial charge in [-0.15, -0.1) is 11.3 Å². The maximum Gasteiger partial charge on any atom is 0.263 e. The van der Waals surface area contributed by atoms with Crippen LogP contribution in [0.25, 0.3) is 0 Å². The number of nitrogens with one attached hydrogen (secondary N) is 1. The Morgan fingerprint density at radius 3 is 2.93 bits per heavy atom. The minimum Gasteiger partial charge on any atom is -0.351 e. The summed E-state index contributed by atoms with van der Waals surface area (Å²) >= 11 is 4.92. The van der Waals surface area contributed by atoms with Gasteiger partial charge in [-0.2, -0.15) is 0 Å². The van der Waals surface area contributed by atoms with Crippen LogP contribution in [0, 0.1) is 12.3 Å². The molecule has 0 atom stereocenters. The van der Waals surface area contributed by atoms with Gasteiger partial charge in [-0.25, -0.2) is 4.98 Å². The highest BCUT2D eigenvalue weighted by atomic mass is 79.9. The van der Waals surface area contributed by atoms with Gasteiger partial charge in [0.05, 0.1) is 11.2 Å². The lowest BCUT2D eigenvalue weighted by Gasteiger charge is -2.11. The Kier molecular flexibility index (Phi) is 3.11. The van der Waals surface area contributed by atoms with E-state index in [-0.39, 0.29) is 5.91 Å². The van der Waals surface area contributed by atoms with Crippen molar-refractivity contribution in [2.45, 2.75) is 19.8 Å². The molecule has 1 N–H and O–H groups in total. The molecule has 1 aliphatic rings. The Morgan fingerprint density at radius 1 is 1.73 bits per heavy atom. The molecule has 1 fully saturated rings. The Balaban J connectivity index is 1.88. The van der Waals surface area contributed by atoms with E-state index < -0.39 is 0 Å². The first-order valence-electron chi connectivity index (χ1n) is 4.92. The summed E-state index contributed by atoms with van der Waals surface area (Å²) in [4.78, 5) is 16.5. The topological polar surface area (TPSA) is 42.0 Å². The van der Waals surface area contributed by atoms with E-state index in [4.69, 9.17) is 0 Å². The first kappa shape index (κ1) is 11.1. The summed E-state index contributed by atoms with van der Waals surface area (Å²) in [6.45, 7) is 2.68. The Morgan fingerprint density at radius 2 is 2.47 bits per heavy atom. The zero-order valence-corrected chi connectivity index (χ0v) is 10.9. The van der Waals surface area contributed by atoms with E-state index in [2.05, 4.69) is 26.2 Å². The van der Waals surface area contributed by atoms with Crippen LogP contribution >= 0.6 is 27.3 Å². The third-order valence-electron chi connectivity index (χ3n) is 2.71. The van der Waals surface area contributed by atoms with Crippen LogP contribution in [0.1, 0.15) is 27.5 Å². The van der Waals surface area contributed by atoms with Crippen LogP contribution < -0.4 is 5.32 Å². The average molecular weight is 289 g/mol. The average Bonchev–Trinajstić information content (AvgIpc) is 2.90. The third kappa shape index (κ3) is 2.58. The molecule has 3 nitrogen and oxygen atoms in total. The zero-order chi connectivity index (χ0) is 10.9. The van der Waals surface area contributed by atoms with Crippen LogP contribution in [0.2, 0.25) is 0 Å². The quantitative estimate of drug-likeness (QED) is 0.865. The van der Waals surface area contributed by atoms with Crippen molar-refractivity contribution < 1.29 is 4.79 Å². The number of nitrogens with zero attached hydrogens (tertiary/aromatic N) is 1. The fraction of sp³-hybridized carbons (Fsp3) is 0.600. The number of hydrogen-bond acceptors (Lipinski definition) is 3. The van der Waals surface area contributed by atoms with Gasteiger partial charge in [-0.1, -0.05) is 15.9 Å². The lowest BCUT2D eigenvalue weighted by atomic mass is 10.1. The first-order valence-corrected chi connectivity index (χ1v) is 6.86. The third-order valence-corrected chi connectivity index (χ3v) is 4.81. The number of rotatable bonds is 4. The normalized spacial score (nSPS) is 17.5. The van der Waals surface area contributed by atoms with Gasteiger partial charge in [0.15, 0.2) is 0 Å². The molecule has 0 radical (unpaired) electrons. The molecular formula is C10H13BrN2OS. The number of halogens is 1. The number of hydrogen-bond donors (Lipinski definition) is 1. The summed E-state index contributed by atoms with van der Waals surface area (Å²) in [5.41, 5.74) is 0.329. The van der Waals surface area contributed by atoms with E-state index in [0.29, 0.717) is 10.3 Å². The van der Waals surface area contributed by atoms with Crippen molar-refractivity contribution in [3.8, 4) is 0 Å². The summed E-state index contributed by atoms with van der Waals surface area (Å²) in [5.74, 6) is 0.00725. The smallest absolute Gasteiger partial charge is 0.263 e. The molecule has 0 saturated heterocycles. The molecule has 15 heavy (non-hydrogen) atoms. The number of carbonyl (C=O) groups excluding carboxylic acids is 1. The number of carbonyl (C=O) groups is 1. The minimum absolute atomic E-state index is 0.00725. The molecule has 1 aromatic heterocycles. The van der Waals surface area contributed by atoms with Crippen molar-refractivity contribution >= 4 is 33.2 Å². The van der Waals surface area contributed by atoms with Gasteiger partial charge in [-0.3, -0.25) is 4.79 Å². The predicted octanol–water partition coefficient (Wildman–Crippen LogP) is 2.36. The Hall–Kier alpha value is -0.420. The molecular weight excluding hydrogens is 276 g/mol. The second kappa shape index (κ2) is 4.22. The number of thiazole rings is 1. The van der Waals surface area contributed by atoms with E-state index >= 15 is 0 Å². The van der Waals surface area contributed by atoms with Crippen molar-refractivity contribution in [2.75, 3.05) is 11.9 Å². The molecule has 1 amide bonds. The van der Waals surface area contributed by atoms with E-state index in [1.807, 2.05) is 6.92 Å². The SMILES string of the molecule is Cc1ncc(C(=O)NCC2(CBr)CC2)s1. The maximum atomic E-state index is 11.7. The van der Waals surface area contributed by atoms with Crippen LogP contribution in [-0.2, 0) is 0 Å². The summed E-state index contributed by atoms with van der Waals surface area (Å²) in [5, 5.41) is 4.87. The second-order valence-corrected chi connectivity index (χ2v) is 5.86. The molecule has 1 saturated carbocycles. The van der Waals surface area contributed by atoms with Gasteiger partial charge in [0.25, 0.3) is 5.91 Å². The van der Waals surface area contributed by atoms with Crippen LogP contribution in [0.5, 0.6) is 0 Å². The van der Waals surface area contributed by atoms with E-state index in [1.165, 1.54) is 24.2 Å². The van der Waals surface area contributed by atoms with Crippen molar-refractivity contribution in [1.29, 1.82) is 0 Å². The highest BCUT2D eigenvalue weighted by Crippen LogP contribution is 2.46. The molecule has 5 heteroatoms. The van der Waals surface area contributed by atoms with Gasteiger partial charge in [0.1, 0.15) is 4.88 Å². The number of aryl methyl sites for hydroxylation is 1. The number of aromatic nitrogens is 1. The van der Waals surface area contributed by atoms with Crippen LogP contribution in [0.4, 0.5) is 0 Å². The highest BCUT2D eigenvalue weighted by Gasteiger charge is 2.41. The Labute approximate surface area is 101 Å². The van der Waals surface area contributed by atoms with Crippen LogP contribution in [-0.4, -0.2) is 22.8 Å². The summed E-state index contributed by atoms with van der Waals surface area (Å²) < 4.78 is 0. The van der Waals surface area contributed by atoms with E-state index in [0.717, 1.165) is 16.9 Å². The van der Waals surface area contributed by atoms with E-state index in [9.17, 15) is 4.79 Å². The van der Waals surface area contributed by atoms with Crippen molar-refractivity contribution in [2.24, 2.45) is 5.41 Å². The zero-order valence-electron chi connectivity index (χ0n) is 8.55. The highest BCUT2D eigenvalue weighted by molar-refractivity contribution is 9.09. The molecule has 1 aliphatic carbocycles. The molecule has 0 aromatic carbocycles. The predicted molar refractivity (Wildman–Crippen MR) is 64.6 cm³/mol. The monoisotopic (exact) mass is 288 g/mol. The number of amides is 1. The molecule has 1 heterocycles. The fourth-order valence-electron chi connectivity index (χ4n) is 1.36. The van der Waals surface area contributed by atoms with Gasteiger partial charge >= 0.3 is 0 Å². The molecule has 2 rings (SSSR count). The standard InChI is InChI=1S/C10H13BrN2OS/c1-7-12-4-8(15-7)9(14)13-6-10(5-11)2-3-10/h4H,2-3,5-6H2,1H3,(H,13,14).